The Kier molecular flexibility index (Phi) is 6.98. The van der Waals surface area contributed by atoms with Crippen molar-refractivity contribution < 1.29 is 0 Å². The Bertz CT molecular complexity index is 710. The quantitative estimate of drug-likeness (QED) is 0.679. The van der Waals surface area contributed by atoms with Gasteiger partial charge in [-0.3, -0.25) is 9.88 Å². The van der Waals surface area contributed by atoms with E-state index < -0.39 is 0 Å². The standard InChI is InChI=1S/C23H31N3/c1-3-5-8-14-26(18-23-19(4-2)12-9-13-24-23)17-22-15-20-10-6-7-11-21(20)16-25-22/h4,6-7,9-13,22,25H,2-3,5,8,14-18H2,1H3/t22-/m1/s1. The number of rotatable bonds is 9. The first kappa shape index (κ1) is 18.8. The lowest BCUT2D eigenvalue weighted by Crippen LogP contribution is -2.44. The van der Waals surface area contributed by atoms with Gasteiger partial charge < -0.3 is 5.32 Å². The Balaban J connectivity index is 1.67. The summed E-state index contributed by atoms with van der Waals surface area (Å²) in [7, 11) is 0. The number of hydrogen-bond donors (Lipinski definition) is 1. The highest BCUT2D eigenvalue weighted by molar-refractivity contribution is 5.49. The Morgan fingerprint density at radius 1 is 1.19 bits per heavy atom. The van der Waals surface area contributed by atoms with Gasteiger partial charge in [-0.05, 0) is 42.1 Å². The lowest BCUT2D eigenvalue weighted by molar-refractivity contribution is 0.221. The Morgan fingerprint density at radius 3 is 2.85 bits per heavy atom. The van der Waals surface area contributed by atoms with Crippen molar-refractivity contribution in [1.82, 2.24) is 15.2 Å². The highest BCUT2D eigenvalue weighted by Gasteiger charge is 2.20. The Morgan fingerprint density at radius 2 is 2.04 bits per heavy atom. The van der Waals surface area contributed by atoms with Crippen molar-refractivity contribution in [3.63, 3.8) is 0 Å². The molecule has 2 aromatic rings. The second-order valence-electron chi connectivity index (χ2n) is 7.24. The monoisotopic (exact) mass is 349 g/mol. The third-order valence-corrected chi connectivity index (χ3v) is 5.24. The zero-order valence-corrected chi connectivity index (χ0v) is 16.0. The maximum atomic E-state index is 4.61. The molecule has 0 amide bonds. The molecule has 1 atom stereocenters. The normalized spacial score (nSPS) is 16.5. The van der Waals surface area contributed by atoms with E-state index in [0.717, 1.165) is 43.9 Å². The summed E-state index contributed by atoms with van der Waals surface area (Å²) in [6.07, 6.45) is 8.70. The predicted molar refractivity (Wildman–Crippen MR) is 110 cm³/mol. The fourth-order valence-corrected chi connectivity index (χ4v) is 3.76. The van der Waals surface area contributed by atoms with Gasteiger partial charge in [0.05, 0.1) is 5.69 Å². The average molecular weight is 350 g/mol. The molecule has 3 rings (SSSR count). The van der Waals surface area contributed by atoms with E-state index in [0.29, 0.717) is 6.04 Å². The molecule has 1 N–H and O–H groups in total. The zero-order chi connectivity index (χ0) is 18.2. The molecule has 3 nitrogen and oxygen atoms in total. The summed E-state index contributed by atoms with van der Waals surface area (Å²) in [6, 6.07) is 13.4. The summed E-state index contributed by atoms with van der Waals surface area (Å²) in [4.78, 5) is 7.18. The van der Waals surface area contributed by atoms with Crippen LogP contribution in [0.4, 0.5) is 0 Å². The van der Waals surface area contributed by atoms with Gasteiger partial charge in [0.25, 0.3) is 0 Å². The third-order valence-electron chi connectivity index (χ3n) is 5.24. The summed E-state index contributed by atoms with van der Waals surface area (Å²) in [6.45, 7) is 10.3. The van der Waals surface area contributed by atoms with E-state index >= 15 is 0 Å². The summed E-state index contributed by atoms with van der Waals surface area (Å²) in [5.41, 5.74) is 5.22. The molecule has 1 aliphatic heterocycles. The van der Waals surface area contributed by atoms with Crippen LogP contribution >= 0.6 is 0 Å². The van der Waals surface area contributed by atoms with Gasteiger partial charge in [-0.2, -0.15) is 0 Å². The van der Waals surface area contributed by atoms with Crippen LogP contribution in [0.3, 0.4) is 0 Å². The summed E-state index contributed by atoms with van der Waals surface area (Å²) in [5, 5.41) is 3.73. The minimum absolute atomic E-state index is 0.502. The molecule has 138 valence electrons. The molecule has 0 unspecified atom stereocenters. The van der Waals surface area contributed by atoms with E-state index in [1.807, 2.05) is 18.3 Å². The summed E-state index contributed by atoms with van der Waals surface area (Å²) < 4.78 is 0. The lowest BCUT2D eigenvalue weighted by atomic mass is 9.95. The number of fused-ring (bicyclic) bond motifs is 1. The number of aromatic nitrogens is 1. The van der Waals surface area contributed by atoms with Crippen LogP contribution < -0.4 is 5.32 Å². The topological polar surface area (TPSA) is 28.2 Å². The lowest BCUT2D eigenvalue weighted by Gasteiger charge is -2.32. The molecule has 0 spiro atoms. The number of benzene rings is 1. The van der Waals surface area contributed by atoms with Gasteiger partial charge in [0, 0.05) is 31.9 Å². The Labute approximate surface area is 158 Å². The SMILES string of the molecule is C=Cc1cccnc1CN(CCCCC)C[C@H]1Cc2ccccc2CN1. The average Bonchev–Trinajstić information content (AvgIpc) is 2.68. The van der Waals surface area contributed by atoms with Gasteiger partial charge in [-0.1, -0.05) is 62.8 Å². The van der Waals surface area contributed by atoms with Crippen molar-refractivity contribution in [3.05, 3.63) is 71.6 Å². The van der Waals surface area contributed by atoms with Gasteiger partial charge in [0.15, 0.2) is 0 Å². The fraction of sp³-hybridized carbons (Fsp3) is 0.435. The number of nitrogens with one attached hydrogen (secondary N) is 1. The van der Waals surface area contributed by atoms with Crippen molar-refractivity contribution in [2.24, 2.45) is 0 Å². The maximum absolute atomic E-state index is 4.61. The fourth-order valence-electron chi connectivity index (χ4n) is 3.76. The van der Waals surface area contributed by atoms with Crippen LogP contribution in [-0.4, -0.2) is 29.0 Å². The number of pyridine rings is 1. The smallest absolute Gasteiger partial charge is 0.0615 e. The molecule has 1 aliphatic rings. The molecule has 1 aromatic carbocycles. The first-order valence-corrected chi connectivity index (χ1v) is 9.89. The van der Waals surface area contributed by atoms with Crippen molar-refractivity contribution in [1.29, 1.82) is 0 Å². The molecular weight excluding hydrogens is 318 g/mol. The van der Waals surface area contributed by atoms with Crippen molar-refractivity contribution in [3.8, 4) is 0 Å². The first-order valence-electron chi connectivity index (χ1n) is 9.89. The highest BCUT2D eigenvalue weighted by Crippen LogP contribution is 2.18. The van der Waals surface area contributed by atoms with Crippen LogP contribution in [0.25, 0.3) is 6.08 Å². The van der Waals surface area contributed by atoms with Crippen molar-refractivity contribution in [2.45, 2.75) is 51.7 Å². The molecule has 0 aliphatic carbocycles. The molecule has 0 fully saturated rings. The van der Waals surface area contributed by atoms with Crippen LogP contribution in [0.2, 0.25) is 0 Å². The molecule has 0 saturated heterocycles. The van der Waals surface area contributed by atoms with Gasteiger partial charge in [-0.15, -0.1) is 0 Å². The van der Waals surface area contributed by atoms with E-state index in [4.69, 9.17) is 0 Å². The minimum atomic E-state index is 0.502. The Hall–Kier alpha value is -1.97. The first-order chi connectivity index (χ1) is 12.8. The van der Waals surface area contributed by atoms with Crippen molar-refractivity contribution in [2.75, 3.05) is 13.1 Å². The van der Waals surface area contributed by atoms with Crippen LogP contribution in [-0.2, 0) is 19.5 Å². The minimum Gasteiger partial charge on any atom is -0.308 e. The van der Waals surface area contributed by atoms with Gasteiger partial charge in [0.2, 0.25) is 0 Å². The van der Waals surface area contributed by atoms with E-state index in [1.54, 1.807) is 0 Å². The molecule has 2 heterocycles. The van der Waals surface area contributed by atoms with E-state index in [2.05, 4.69) is 59.0 Å². The molecule has 0 bridgehead atoms. The second-order valence-corrected chi connectivity index (χ2v) is 7.24. The molecule has 1 aromatic heterocycles. The molecular formula is C23H31N3. The van der Waals surface area contributed by atoms with E-state index in [-0.39, 0.29) is 0 Å². The summed E-state index contributed by atoms with van der Waals surface area (Å²) in [5.74, 6) is 0. The molecule has 0 radical (unpaired) electrons. The maximum Gasteiger partial charge on any atom is 0.0615 e. The third kappa shape index (κ3) is 5.03. The van der Waals surface area contributed by atoms with Crippen LogP contribution in [0.1, 0.15) is 48.6 Å². The summed E-state index contributed by atoms with van der Waals surface area (Å²) >= 11 is 0. The molecule has 26 heavy (non-hydrogen) atoms. The predicted octanol–water partition coefficient (Wildman–Crippen LogP) is 4.43. The van der Waals surface area contributed by atoms with E-state index in [1.165, 1.54) is 30.4 Å². The number of unbranched alkanes of at least 4 members (excludes halogenated alkanes) is 2. The highest BCUT2D eigenvalue weighted by atomic mass is 15.2. The molecule has 0 saturated carbocycles. The van der Waals surface area contributed by atoms with Crippen LogP contribution in [0.5, 0.6) is 0 Å². The van der Waals surface area contributed by atoms with Gasteiger partial charge in [-0.25, -0.2) is 0 Å². The van der Waals surface area contributed by atoms with Crippen LogP contribution in [0.15, 0.2) is 49.2 Å². The number of hydrogen-bond acceptors (Lipinski definition) is 3. The number of nitrogens with zero attached hydrogens (tertiary/aromatic N) is 2. The van der Waals surface area contributed by atoms with Gasteiger partial charge in [0.1, 0.15) is 0 Å². The second kappa shape index (κ2) is 9.65. The van der Waals surface area contributed by atoms with Crippen LogP contribution in [0, 0.1) is 0 Å². The zero-order valence-electron chi connectivity index (χ0n) is 16.0. The van der Waals surface area contributed by atoms with Gasteiger partial charge >= 0.3 is 0 Å². The molecule has 3 heteroatoms. The van der Waals surface area contributed by atoms with Crippen molar-refractivity contribution >= 4 is 6.08 Å². The van der Waals surface area contributed by atoms with E-state index in [9.17, 15) is 0 Å². The largest absolute Gasteiger partial charge is 0.308 e.